The number of fused-ring (bicyclic) bond motifs is 1. The Kier molecular flexibility index (Phi) is 4.41. The first-order valence-corrected chi connectivity index (χ1v) is 9.29. The summed E-state index contributed by atoms with van der Waals surface area (Å²) in [5.74, 6) is -0.548. The van der Waals surface area contributed by atoms with E-state index in [1.165, 1.54) is 11.3 Å². The maximum Gasteiger partial charge on any atom is 0.346 e. The smallest absolute Gasteiger partial charge is 0.346 e. The number of carboxylic acids is 1. The van der Waals surface area contributed by atoms with Gasteiger partial charge < -0.3 is 15.2 Å². The molecule has 4 rings (SSSR count). The van der Waals surface area contributed by atoms with Gasteiger partial charge in [0.15, 0.2) is 0 Å². The van der Waals surface area contributed by atoms with Gasteiger partial charge in [0, 0.05) is 22.8 Å². The number of aromatic carboxylic acids is 1. The Morgan fingerprint density at radius 3 is 2.48 bits per heavy atom. The number of thiophene rings is 1. The van der Waals surface area contributed by atoms with Crippen LogP contribution >= 0.6 is 11.3 Å². The molecule has 1 amide bonds. The van der Waals surface area contributed by atoms with E-state index in [4.69, 9.17) is 4.74 Å². The fraction of sp³-hybridized carbons (Fsp3) is 0.143. The van der Waals surface area contributed by atoms with Crippen LogP contribution in [0.2, 0.25) is 0 Å². The molecule has 5 nitrogen and oxygen atoms in total. The van der Waals surface area contributed by atoms with Crippen molar-refractivity contribution in [3.8, 4) is 16.9 Å². The molecule has 0 fully saturated rings. The van der Waals surface area contributed by atoms with E-state index in [1.54, 1.807) is 7.11 Å². The fourth-order valence-corrected chi connectivity index (χ4v) is 4.67. The predicted octanol–water partition coefficient (Wildman–Crippen LogP) is 4.60. The van der Waals surface area contributed by atoms with Gasteiger partial charge in [-0.3, -0.25) is 4.79 Å². The van der Waals surface area contributed by atoms with Gasteiger partial charge in [0.25, 0.3) is 0 Å². The van der Waals surface area contributed by atoms with Crippen molar-refractivity contribution in [1.29, 1.82) is 0 Å². The van der Waals surface area contributed by atoms with Crippen molar-refractivity contribution in [3.63, 3.8) is 0 Å². The molecule has 0 aliphatic carbocycles. The van der Waals surface area contributed by atoms with Gasteiger partial charge in [0.05, 0.1) is 12.8 Å². The van der Waals surface area contributed by atoms with Crippen molar-refractivity contribution in [1.82, 2.24) is 0 Å². The minimum Gasteiger partial charge on any atom is -0.497 e. The third kappa shape index (κ3) is 3.08. The summed E-state index contributed by atoms with van der Waals surface area (Å²) in [6, 6.07) is 16.9. The van der Waals surface area contributed by atoms with E-state index in [2.05, 4.69) is 5.32 Å². The summed E-state index contributed by atoms with van der Waals surface area (Å²) >= 11 is 1.23. The van der Waals surface area contributed by atoms with Crippen LogP contribution < -0.4 is 10.1 Å². The number of carbonyl (C=O) groups is 2. The van der Waals surface area contributed by atoms with E-state index >= 15 is 0 Å². The highest BCUT2D eigenvalue weighted by Gasteiger charge is 2.34. The van der Waals surface area contributed by atoms with Crippen LogP contribution in [0.3, 0.4) is 0 Å². The van der Waals surface area contributed by atoms with Crippen molar-refractivity contribution < 1.29 is 19.4 Å². The number of carbonyl (C=O) groups excluding carboxylic acids is 1. The van der Waals surface area contributed by atoms with Crippen molar-refractivity contribution in [2.75, 3.05) is 12.4 Å². The Morgan fingerprint density at radius 1 is 1.15 bits per heavy atom. The first kappa shape index (κ1) is 17.3. The molecule has 136 valence electrons. The summed E-state index contributed by atoms with van der Waals surface area (Å²) in [5, 5.41) is 12.7. The summed E-state index contributed by atoms with van der Waals surface area (Å²) in [5.41, 5.74) is 2.93. The van der Waals surface area contributed by atoms with Crippen LogP contribution in [0.5, 0.6) is 5.75 Å². The lowest BCUT2D eigenvalue weighted by Crippen LogP contribution is -2.22. The van der Waals surface area contributed by atoms with Crippen LogP contribution in [0, 0.1) is 0 Å². The topological polar surface area (TPSA) is 75.6 Å². The quantitative estimate of drug-likeness (QED) is 0.695. The Labute approximate surface area is 160 Å². The lowest BCUT2D eigenvalue weighted by molar-refractivity contribution is -0.116. The molecule has 0 unspecified atom stereocenters. The van der Waals surface area contributed by atoms with Gasteiger partial charge in [-0.15, -0.1) is 11.3 Å². The second-order valence-electron chi connectivity index (χ2n) is 6.29. The number of rotatable bonds is 4. The van der Waals surface area contributed by atoms with Crippen molar-refractivity contribution in [3.05, 3.63) is 69.9 Å². The van der Waals surface area contributed by atoms with Gasteiger partial charge in [-0.25, -0.2) is 4.79 Å². The maximum absolute atomic E-state index is 12.4. The van der Waals surface area contributed by atoms with Crippen LogP contribution in [0.25, 0.3) is 11.1 Å². The number of amides is 1. The molecule has 1 aromatic heterocycles. The predicted molar refractivity (Wildman–Crippen MR) is 105 cm³/mol. The highest BCUT2D eigenvalue weighted by molar-refractivity contribution is 7.15. The highest BCUT2D eigenvalue weighted by atomic mass is 32.1. The zero-order chi connectivity index (χ0) is 19.0. The lowest BCUT2D eigenvalue weighted by atomic mass is 9.88. The Morgan fingerprint density at radius 2 is 1.85 bits per heavy atom. The van der Waals surface area contributed by atoms with E-state index < -0.39 is 5.97 Å². The molecule has 1 aliphatic heterocycles. The van der Waals surface area contributed by atoms with Crippen LogP contribution in [0.1, 0.15) is 32.5 Å². The number of methoxy groups -OCH3 is 1. The molecule has 6 heteroatoms. The Balaban J connectivity index is 1.89. The van der Waals surface area contributed by atoms with Crippen molar-refractivity contribution in [2.24, 2.45) is 0 Å². The first-order chi connectivity index (χ1) is 13.1. The second kappa shape index (κ2) is 6.89. The minimum absolute atomic E-state index is 0.116. The van der Waals surface area contributed by atoms with Crippen LogP contribution in [0.4, 0.5) is 5.69 Å². The van der Waals surface area contributed by atoms with E-state index in [1.807, 2.05) is 54.6 Å². The monoisotopic (exact) mass is 379 g/mol. The van der Waals surface area contributed by atoms with Gasteiger partial charge in [0.2, 0.25) is 5.91 Å². The molecule has 0 saturated heterocycles. The highest BCUT2D eigenvalue weighted by Crippen LogP contribution is 2.49. The Bertz CT molecular complexity index is 1010. The zero-order valence-electron chi connectivity index (χ0n) is 14.6. The standard InChI is InChI=1S/C21H17NO4S/c1-26-14-9-7-12(8-10-14)15-11-16(23)22-18-17(13-5-3-2-4-6-13)20(21(24)25)27-19(15)18/h2-10,15H,11H2,1H3,(H,22,23)(H,24,25)/t15-/m1/s1. The molecule has 2 aromatic carbocycles. The number of benzene rings is 2. The lowest BCUT2D eigenvalue weighted by Gasteiger charge is -2.24. The molecule has 2 N–H and O–H groups in total. The molecule has 27 heavy (non-hydrogen) atoms. The third-order valence-electron chi connectivity index (χ3n) is 4.68. The van der Waals surface area contributed by atoms with Gasteiger partial charge in [-0.1, -0.05) is 42.5 Å². The average Bonchev–Trinajstić information content (AvgIpc) is 3.07. The van der Waals surface area contributed by atoms with Gasteiger partial charge in [-0.05, 0) is 23.3 Å². The number of anilines is 1. The minimum atomic E-state index is -0.990. The normalized spacial score (nSPS) is 15.7. The number of hydrogen-bond acceptors (Lipinski definition) is 4. The molecular weight excluding hydrogens is 362 g/mol. The van der Waals surface area contributed by atoms with Gasteiger partial charge in [0.1, 0.15) is 10.6 Å². The summed E-state index contributed by atoms with van der Waals surface area (Å²) in [6.45, 7) is 0. The fourth-order valence-electron chi connectivity index (χ4n) is 3.42. The van der Waals surface area contributed by atoms with Crippen LogP contribution in [-0.4, -0.2) is 24.1 Å². The molecule has 0 saturated carbocycles. The van der Waals surface area contributed by atoms with E-state index in [0.29, 0.717) is 11.3 Å². The van der Waals surface area contributed by atoms with Crippen molar-refractivity contribution in [2.45, 2.75) is 12.3 Å². The Hall–Kier alpha value is -3.12. The van der Waals surface area contributed by atoms with Gasteiger partial charge >= 0.3 is 5.97 Å². The van der Waals surface area contributed by atoms with E-state index in [0.717, 1.165) is 21.8 Å². The summed E-state index contributed by atoms with van der Waals surface area (Å²) in [4.78, 5) is 25.4. The molecule has 1 atom stereocenters. The SMILES string of the molecule is COc1ccc([C@H]2CC(=O)Nc3c2sc(C(=O)O)c3-c2ccccc2)cc1. The first-order valence-electron chi connectivity index (χ1n) is 8.47. The third-order valence-corrected chi connectivity index (χ3v) is 5.97. The maximum atomic E-state index is 12.4. The molecule has 3 aromatic rings. The molecule has 1 aliphatic rings. The summed E-state index contributed by atoms with van der Waals surface area (Å²) in [6.07, 6.45) is 0.285. The summed E-state index contributed by atoms with van der Waals surface area (Å²) < 4.78 is 5.21. The average molecular weight is 379 g/mol. The zero-order valence-corrected chi connectivity index (χ0v) is 15.4. The van der Waals surface area contributed by atoms with Gasteiger partial charge in [-0.2, -0.15) is 0 Å². The number of carboxylic acid groups (broad SMARTS) is 1. The van der Waals surface area contributed by atoms with Crippen LogP contribution in [0.15, 0.2) is 54.6 Å². The molecule has 0 spiro atoms. The van der Waals surface area contributed by atoms with E-state index in [9.17, 15) is 14.7 Å². The van der Waals surface area contributed by atoms with E-state index in [-0.39, 0.29) is 23.1 Å². The molecule has 0 radical (unpaired) electrons. The second-order valence-corrected chi connectivity index (χ2v) is 7.35. The summed E-state index contributed by atoms with van der Waals surface area (Å²) in [7, 11) is 1.60. The molecule has 2 heterocycles. The van der Waals surface area contributed by atoms with Crippen LogP contribution in [-0.2, 0) is 4.79 Å². The number of nitrogens with one attached hydrogen (secondary N) is 1. The van der Waals surface area contributed by atoms with Crippen molar-refractivity contribution >= 4 is 28.9 Å². The largest absolute Gasteiger partial charge is 0.497 e. The number of ether oxygens (including phenoxy) is 1. The number of hydrogen-bond donors (Lipinski definition) is 2. The molecular formula is C21H17NO4S. The molecule has 0 bridgehead atoms.